The van der Waals surface area contributed by atoms with E-state index in [4.69, 9.17) is 16.7 Å². The van der Waals surface area contributed by atoms with Crippen molar-refractivity contribution in [2.45, 2.75) is 6.42 Å². The van der Waals surface area contributed by atoms with Gasteiger partial charge in [0.25, 0.3) is 5.69 Å². The quantitative estimate of drug-likeness (QED) is 0.606. The summed E-state index contributed by atoms with van der Waals surface area (Å²) >= 11 is 5.94. The van der Waals surface area contributed by atoms with Crippen LogP contribution in [0.15, 0.2) is 18.2 Å². The number of aliphatic carboxylic acids is 1. The molecule has 1 aromatic rings. The average Bonchev–Trinajstić information content (AvgIpc) is 2.82. The predicted molar refractivity (Wildman–Crippen MR) is 78.9 cm³/mol. The van der Waals surface area contributed by atoms with Crippen LogP contribution in [-0.4, -0.2) is 46.4 Å². The van der Waals surface area contributed by atoms with Gasteiger partial charge in [0, 0.05) is 38.2 Å². The molecule has 9 heteroatoms. The molecule has 0 radical (unpaired) electrons. The normalized spacial score (nSPS) is 17.6. The third-order valence-corrected chi connectivity index (χ3v) is 3.74. The van der Waals surface area contributed by atoms with Crippen molar-refractivity contribution in [3.05, 3.63) is 33.3 Å². The van der Waals surface area contributed by atoms with Gasteiger partial charge in [-0.1, -0.05) is 11.6 Å². The van der Waals surface area contributed by atoms with Gasteiger partial charge in [-0.2, -0.15) is 0 Å². The summed E-state index contributed by atoms with van der Waals surface area (Å²) in [4.78, 5) is 34.1. The van der Waals surface area contributed by atoms with Crippen molar-refractivity contribution < 1.29 is 19.6 Å². The number of hydrogen-bond acceptors (Lipinski definition) is 5. The van der Waals surface area contributed by atoms with Gasteiger partial charge < -0.3 is 15.3 Å². The molecule has 0 bridgehead atoms. The number of carboxylic acids is 1. The average molecular weight is 328 g/mol. The summed E-state index contributed by atoms with van der Waals surface area (Å²) in [7, 11) is 0. The second-order valence-electron chi connectivity index (χ2n) is 4.93. The van der Waals surface area contributed by atoms with Crippen LogP contribution < -0.4 is 5.32 Å². The number of halogens is 1. The Morgan fingerprint density at radius 1 is 1.55 bits per heavy atom. The number of carbonyl (C=O) groups is 2. The van der Waals surface area contributed by atoms with E-state index in [-0.39, 0.29) is 29.6 Å². The second-order valence-corrected chi connectivity index (χ2v) is 5.33. The van der Waals surface area contributed by atoms with Gasteiger partial charge in [0.15, 0.2) is 0 Å². The molecule has 1 fully saturated rings. The first-order valence-corrected chi connectivity index (χ1v) is 6.94. The van der Waals surface area contributed by atoms with E-state index in [2.05, 4.69) is 5.32 Å². The molecule has 1 aliphatic heterocycles. The number of nitro benzene ring substituents is 1. The maximum atomic E-state index is 11.7. The van der Waals surface area contributed by atoms with Gasteiger partial charge in [-0.05, 0) is 6.07 Å². The molecular weight excluding hydrogens is 314 g/mol. The molecule has 0 saturated carbocycles. The molecule has 118 valence electrons. The lowest BCUT2D eigenvalue weighted by atomic mass is 10.1. The summed E-state index contributed by atoms with van der Waals surface area (Å²) < 4.78 is 0. The van der Waals surface area contributed by atoms with Crippen LogP contribution in [0.5, 0.6) is 0 Å². The molecule has 1 saturated heterocycles. The van der Waals surface area contributed by atoms with Crippen molar-refractivity contribution >= 4 is 34.9 Å². The summed E-state index contributed by atoms with van der Waals surface area (Å²) in [5.41, 5.74) is 0.420. The third-order valence-electron chi connectivity index (χ3n) is 3.42. The molecule has 2 N–H and O–H groups in total. The standard InChI is InChI=1S/C13H14ClN3O5/c14-10-6-9(17(21)22)1-2-11(10)15-3-4-16-7-8(13(19)20)5-12(16)18/h1-2,6,8,15H,3-5,7H2,(H,19,20). The zero-order chi connectivity index (χ0) is 16.3. The Morgan fingerprint density at radius 2 is 2.27 bits per heavy atom. The van der Waals surface area contributed by atoms with Gasteiger partial charge in [0.05, 0.1) is 21.6 Å². The Bertz CT molecular complexity index is 622. The van der Waals surface area contributed by atoms with Gasteiger partial charge in [-0.15, -0.1) is 0 Å². The Balaban J connectivity index is 1.88. The number of amides is 1. The molecule has 1 heterocycles. The molecule has 1 unspecified atom stereocenters. The minimum absolute atomic E-state index is 0.0214. The van der Waals surface area contributed by atoms with Crippen LogP contribution >= 0.6 is 11.6 Å². The number of anilines is 1. The molecule has 1 aromatic carbocycles. The fourth-order valence-electron chi connectivity index (χ4n) is 2.24. The Morgan fingerprint density at radius 3 is 2.82 bits per heavy atom. The first kappa shape index (κ1) is 16.0. The van der Waals surface area contributed by atoms with Crippen LogP contribution in [-0.2, 0) is 9.59 Å². The summed E-state index contributed by atoms with van der Waals surface area (Å²) in [5, 5.41) is 22.7. The molecular formula is C13H14ClN3O5. The fourth-order valence-corrected chi connectivity index (χ4v) is 2.48. The van der Waals surface area contributed by atoms with Crippen molar-refractivity contribution in [1.29, 1.82) is 0 Å². The van der Waals surface area contributed by atoms with E-state index in [1.807, 2.05) is 0 Å². The van der Waals surface area contributed by atoms with Crippen molar-refractivity contribution in [3.8, 4) is 0 Å². The molecule has 8 nitrogen and oxygen atoms in total. The zero-order valence-electron chi connectivity index (χ0n) is 11.5. The highest BCUT2D eigenvalue weighted by atomic mass is 35.5. The van der Waals surface area contributed by atoms with E-state index in [9.17, 15) is 19.7 Å². The zero-order valence-corrected chi connectivity index (χ0v) is 12.2. The van der Waals surface area contributed by atoms with Gasteiger partial charge in [0.1, 0.15) is 0 Å². The largest absolute Gasteiger partial charge is 0.481 e. The van der Waals surface area contributed by atoms with Crippen LogP contribution in [0.3, 0.4) is 0 Å². The van der Waals surface area contributed by atoms with E-state index < -0.39 is 16.8 Å². The number of carbonyl (C=O) groups excluding carboxylic acids is 1. The van der Waals surface area contributed by atoms with Crippen molar-refractivity contribution in [1.82, 2.24) is 4.90 Å². The van der Waals surface area contributed by atoms with E-state index in [0.717, 1.165) is 0 Å². The number of non-ortho nitro benzene ring substituents is 1. The first-order valence-electron chi connectivity index (χ1n) is 6.57. The van der Waals surface area contributed by atoms with Gasteiger partial charge in [-0.3, -0.25) is 19.7 Å². The summed E-state index contributed by atoms with van der Waals surface area (Å²) in [5.74, 6) is -1.82. The highest BCUT2D eigenvalue weighted by molar-refractivity contribution is 6.33. The number of benzene rings is 1. The summed E-state index contributed by atoms with van der Waals surface area (Å²) in [6, 6.07) is 4.06. The Kier molecular flexibility index (Phi) is 4.81. The Labute approximate surface area is 130 Å². The molecule has 1 amide bonds. The molecule has 0 aromatic heterocycles. The van der Waals surface area contributed by atoms with Crippen LogP contribution in [0.25, 0.3) is 0 Å². The van der Waals surface area contributed by atoms with Crippen molar-refractivity contribution in [2.75, 3.05) is 25.0 Å². The van der Waals surface area contributed by atoms with E-state index in [0.29, 0.717) is 18.8 Å². The minimum Gasteiger partial charge on any atom is -0.481 e. The van der Waals surface area contributed by atoms with Crippen molar-refractivity contribution in [2.24, 2.45) is 5.92 Å². The van der Waals surface area contributed by atoms with E-state index >= 15 is 0 Å². The SMILES string of the molecule is O=C(O)C1CC(=O)N(CCNc2ccc([N+](=O)[O-])cc2Cl)C1. The lowest BCUT2D eigenvalue weighted by Crippen LogP contribution is -2.31. The molecule has 22 heavy (non-hydrogen) atoms. The number of carboxylic acid groups (broad SMARTS) is 1. The molecule has 0 aliphatic carbocycles. The maximum absolute atomic E-state index is 11.7. The molecule has 1 aliphatic rings. The first-order chi connectivity index (χ1) is 10.4. The van der Waals surface area contributed by atoms with E-state index in [1.54, 1.807) is 0 Å². The highest BCUT2D eigenvalue weighted by Gasteiger charge is 2.33. The van der Waals surface area contributed by atoms with Gasteiger partial charge in [0.2, 0.25) is 5.91 Å². The number of hydrogen-bond donors (Lipinski definition) is 2. The summed E-state index contributed by atoms with van der Waals surface area (Å²) in [6.45, 7) is 0.912. The molecule has 1 atom stereocenters. The smallest absolute Gasteiger partial charge is 0.308 e. The van der Waals surface area contributed by atoms with Gasteiger partial charge in [-0.25, -0.2) is 0 Å². The highest BCUT2D eigenvalue weighted by Crippen LogP contribution is 2.26. The lowest BCUT2D eigenvalue weighted by molar-refractivity contribution is -0.384. The number of likely N-dealkylation sites (tertiary alicyclic amines) is 1. The fraction of sp³-hybridized carbons (Fsp3) is 0.385. The van der Waals surface area contributed by atoms with Crippen molar-refractivity contribution in [3.63, 3.8) is 0 Å². The number of rotatable bonds is 6. The van der Waals surface area contributed by atoms with Crippen LogP contribution in [0, 0.1) is 16.0 Å². The van der Waals surface area contributed by atoms with Crippen LogP contribution in [0.2, 0.25) is 5.02 Å². The number of nitrogens with zero attached hydrogens (tertiary/aromatic N) is 2. The van der Waals surface area contributed by atoms with Crippen LogP contribution in [0.1, 0.15) is 6.42 Å². The maximum Gasteiger partial charge on any atom is 0.308 e. The second kappa shape index (κ2) is 6.61. The summed E-state index contributed by atoms with van der Waals surface area (Å²) in [6.07, 6.45) is 0.0214. The Hall–Kier alpha value is -2.35. The predicted octanol–water partition coefficient (Wildman–Crippen LogP) is 1.59. The number of nitrogens with one attached hydrogen (secondary N) is 1. The van der Waals surface area contributed by atoms with Crippen LogP contribution in [0.4, 0.5) is 11.4 Å². The van der Waals surface area contributed by atoms with Gasteiger partial charge >= 0.3 is 5.97 Å². The third kappa shape index (κ3) is 3.64. The van der Waals surface area contributed by atoms with E-state index in [1.165, 1.54) is 23.1 Å². The molecule has 0 spiro atoms. The number of nitro groups is 1. The minimum atomic E-state index is -0.970. The molecule has 2 rings (SSSR count). The topological polar surface area (TPSA) is 113 Å². The monoisotopic (exact) mass is 327 g/mol. The lowest BCUT2D eigenvalue weighted by Gasteiger charge is -2.17.